The second-order valence-electron chi connectivity index (χ2n) is 8.49. The van der Waals surface area contributed by atoms with Gasteiger partial charge in [-0.15, -0.1) is 0 Å². The molecule has 0 aromatic rings. The summed E-state index contributed by atoms with van der Waals surface area (Å²) in [5.74, 6) is 0.683. The van der Waals surface area contributed by atoms with Gasteiger partial charge >= 0.3 is 0 Å². The summed E-state index contributed by atoms with van der Waals surface area (Å²) in [4.78, 5) is 17.1. The van der Waals surface area contributed by atoms with Gasteiger partial charge in [0, 0.05) is 45.3 Å². The number of amides is 1. The lowest BCUT2D eigenvalue weighted by Gasteiger charge is -2.43. The van der Waals surface area contributed by atoms with Crippen LogP contribution in [-0.2, 0) is 14.3 Å². The van der Waals surface area contributed by atoms with Crippen molar-refractivity contribution in [1.82, 2.24) is 9.80 Å². The Bertz CT molecular complexity index is 493. The van der Waals surface area contributed by atoms with Gasteiger partial charge in [0.25, 0.3) is 5.91 Å². The molecule has 2 rings (SSSR count). The molecule has 2 aliphatic heterocycles. The molecule has 1 amide bonds. The largest absolute Gasteiger partial charge is 0.459 e. The average Bonchev–Trinajstić information content (AvgIpc) is 2.59. The van der Waals surface area contributed by atoms with Crippen LogP contribution >= 0.6 is 0 Å². The predicted molar refractivity (Wildman–Crippen MR) is 101 cm³/mol. The number of piperazine rings is 1. The van der Waals surface area contributed by atoms with Gasteiger partial charge in [0.05, 0.1) is 0 Å². The maximum absolute atomic E-state index is 13.0. The van der Waals surface area contributed by atoms with E-state index in [0.29, 0.717) is 18.8 Å². The van der Waals surface area contributed by atoms with Gasteiger partial charge in [-0.25, -0.2) is 0 Å². The highest BCUT2D eigenvalue weighted by Gasteiger charge is 2.42. The Labute approximate surface area is 158 Å². The molecule has 2 aliphatic rings. The van der Waals surface area contributed by atoms with Crippen LogP contribution in [0.5, 0.6) is 0 Å². The lowest BCUT2D eigenvalue weighted by molar-refractivity contribution is -0.182. The Morgan fingerprint density at radius 2 is 1.96 bits per heavy atom. The highest BCUT2D eigenvalue weighted by atomic mass is 16.7. The fraction of sp³-hybridized carbons (Fsp3) is 0.850. The van der Waals surface area contributed by atoms with Gasteiger partial charge < -0.3 is 24.4 Å². The summed E-state index contributed by atoms with van der Waals surface area (Å²) < 4.78 is 11.9. The van der Waals surface area contributed by atoms with E-state index >= 15 is 0 Å². The summed E-state index contributed by atoms with van der Waals surface area (Å²) in [6.07, 6.45) is 3.10. The summed E-state index contributed by atoms with van der Waals surface area (Å²) in [7, 11) is 2.07. The lowest BCUT2D eigenvalue weighted by Crippen LogP contribution is -2.49. The minimum absolute atomic E-state index is 0.0209. The van der Waals surface area contributed by atoms with Crippen molar-refractivity contribution in [3.63, 3.8) is 0 Å². The van der Waals surface area contributed by atoms with Crippen molar-refractivity contribution in [2.45, 2.75) is 46.8 Å². The number of nitrogens with zero attached hydrogens (tertiary/aromatic N) is 2. The van der Waals surface area contributed by atoms with Gasteiger partial charge in [-0.1, -0.05) is 20.8 Å². The number of carbonyl (C=O) groups is 1. The zero-order chi connectivity index (χ0) is 19.3. The van der Waals surface area contributed by atoms with E-state index in [2.05, 4.69) is 32.7 Å². The number of hydrogen-bond acceptors (Lipinski definition) is 5. The molecular formula is C20H36N2O4. The zero-order valence-corrected chi connectivity index (χ0v) is 17.0. The first kappa shape index (κ1) is 21.2. The molecule has 1 N–H and O–H groups in total. The maximum atomic E-state index is 13.0. The quantitative estimate of drug-likeness (QED) is 0.778. The number of aliphatic hydroxyl groups excluding tert-OH is 1. The molecule has 6 heteroatoms. The minimum atomic E-state index is -0.438. The number of hydrogen-bond donors (Lipinski definition) is 1. The SMILES string of the molecule is CCO[C@H]1OC(C(=O)N2CCN(C)CC2)=C[C@@H](C(C)(C)C)[C@H]1CCCO. The maximum Gasteiger partial charge on any atom is 0.288 e. The Morgan fingerprint density at radius 3 is 2.50 bits per heavy atom. The third kappa shape index (κ3) is 5.21. The third-order valence-electron chi connectivity index (χ3n) is 5.41. The molecule has 0 aromatic heterocycles. The van der Waals surface area contributed by atoms with Gasteiger partial charge in [-0.3, -0.25) is 4.79 Å². The van der Waals surface area contributed by atoms with Crippen molar-refractivity contribution in [1.29, 1.82) is 0 Å². The molecular weight excluding hydrogens is 332 g/mol. The highest BCUT2D eigenvalue weighted by molar-refractivity contribution is 5.91. The Balaban J connectivity index is 2.24. The van der Waals surface area contributed by atoms with Gasteiger partial charge in [0.2, 0.25) is 6.29 Å². The fourth-order valence-electron chi connectivity index (χ4n) is 3.85. The first-order valence-electron chi connectivity index (χ1n) is 9.86. The minimum Gasteiger partial charge on any atom is -0.459 e. The second kappa shape index (κ2) is 9.20. The third-order valence-corrected chi connectivity index (χ3v) is 5.41. The van der Waals surface area contributed by atoms with Crippen LogP contribution in [0.2, 0.25) is 0 Å². The molecule has 0 saturated carbocycles. The van der Waals surface area contributed by atoms with Crippen LogP contribution in [-0.4, -0.2) is 73.5 Å². The highest BCUT2D eigenvalue weighted by Crippen LogP contribution is 2.42. The summed E-state index contributed by atoms with van der Waals surface area (Å²) in [5, 5.41) is 9.27. The van der Waals surface area contributed by atoms with Crippen molar-refractivity contribution >= 4 is 5.91 Å². The van der Waals surface area contributed by atoms with Crippen molar-refractivity contribution < 1.29 is 19.4 Å². The molecule has 0 unspecified atom stereocenters. The van der Waals surface area contributed by atoms with Crippen molar-refractivity contribution in [2.24, 2.45) is 17.3 Å². The first-order valence-corrected chi connectivity index (χ1v) is 9.86. The topological polar surface area (TPSA) is 62.2 Å². The van der Waals surface area contributed by atoms with Gasteiger partial charge in [0.15, 0.2) is 5.76 Å². The van der Waals surface area contributed by atoms with Crippen molar-refractivity contribution in [3.8, 4) is 0 Å². The van der Waals surface area contributed by atoms with E-state index in [-0.39, 0.29) is 29.8 Å². The van der Waals surface area contributed by atoms with Crippen LogP contribution in [0.1, 0.15) is 40.5 Å². The first-order chi connectivity index (χ1) is 12.3. The normalized spacial score (nSPS) is 27.8. The molecule has 1 saturated heterocycles. The van der Waals surface area contributed by atoms with Crippen molar-refractivity contribution in [2.75, 3.05) is 46.4 Å². The monoisotopic (exact) mass is 368 g/mol. The summed E-state index contributed by atoms with van der Waals surface area (Å²) in [5.41, 5.74) is -0.0209. The van der Waals surface area contributed by atoms with Crippen LogP contribution in [0.3, 0.4) is 0 Å². The van der Waals surface area contributed by atoms with Gasteiger partial charge in [-0.2, -0.15) is 0 Å². The second-order valence-corrected chi connectivity index (χ2v) is 8.49. The van der Waals surface area contributed by atoms with E-state index in [1.165, 1.54) is 0 Å². The van der Waals surface area contributed by atoms with Crippen molar-refractivity contribution in [3.05, 3.63) is 11.8 Å². The summed E-state index contributed by atoms with van der Waals surface area (Å²) in [6.45, 7) is 12.4. The van der Waals surface area contributed by atoms with E-state index in [9.17, 15) is 9.90 Å². The number of carbonyl (C=O) groups excluding carboxylic acids is 1. The lowest BCUT2D eigenvalue weighted by atomic mass is 9.70. The molecule has 3 atom stereocenters. The molecule has 0 aromatic carbocycles. The standard InChI is InChI=1S/C20H36N2O4/c1-6-25-19-15(8-7-13-23)16(20(2,3)4)14-17(26-19)18(24)22-11-9-21(5)10-12-22/h14-16,19,23H,6-13H2,1-5H3/t15-,16-,19+/m1/s1. The van der Waals surface area contributed by atoms with Crippen LogP contribution in [0.25, 0.3) is 0 Å². The Morgan fingerprint density at radius 1 is 1.31 bits per heavy atom. The van der Waals surface area contributed by atoms with E-state index in [4.69, 9.17) is 9.47 Å². The van der Waals surface area contributed by atoms with Crippen LogP contribution in [0.15, 0.2) is 11.8 Å². The van der Waals surface area contributed by atoms with E-state index in [1.807, 2.05) is 17.9 Å². The number of rotatable bonds is 6. The van der Waals surface area contributed by atoms with Crippen LogP contribution < -0.4 is 0 Å². The molecule has 26 heavy (non-hydrogen) atoms. The average molecular weight is 369 g/mol. The molecule has 0 aliphatic carbocycles. The fourth-order valence-corrected chi connectivity index (χ4v) is 3.85. The molecule has 0 radical (unpaired) electrons. The molecule has 1 fully saturated rings. The smallest absolute Gasteiger partial charge is 0.288 e. The van der Waals surface area contributed by atoms with E-state index < -0.39 is 6.29 Å². The summed E-state index contributed by atoms with van der Waals surface area (Å²) in [6, 6.07) is 0. The zero-order valence-electron chi connectivity index (χ0n) is 17.0. The Kier molecular flexibility index (Phi) is 7.50. The van der Waals surface area contributed by atoms with Crippen LogP contribution in [0.4, 0.5) is 0 Å². The molecule has 6 nitrogen and oxygen atoms in total. The van der Waals surface area contributed by atoms with E-state index in [0.717, 1.165) is 32.6 Å². The number of allylic oxidation sites excluding steroid dienone is 1. The summed E-state index contributed by atoms with van der Waals surface area (Å²) >= 11 is 0. The van der Waals surface area contributed by atoms with Crippen LogP contribution in [0, 0.1) is 17.3 Å². The number of aliphatic hydroxyl groups is 1. The number of likely N-dealkylation sites (N-methyl/N-ethyl adjacent to an activating group) is 1. The van der Waals surface area contributed by atoms with Gasteiger partial charge in [-0.05, 0) is 44.2 Å². The molecule has 2 heterocycles. The predicted octanol–water partition coefficient (Wildman–Crippen LogP) is 2.09. The van der Waals surface area contributed by atoms with E-state index in [1.54, 1.807) is 0 Å². The van der Waals surface area contributed by atoms with Gasteiger partial charge in [0.1, 0.15) is 0 Å². The molecule has 0 spiro atoms. The molecule has 150 valence electrons. The number of ether oxygens (including phenoxy) is 2. The molecule has 0 bridgehead atoms. The Hall–Kier alpha value is -1.11.